The highest BCUT2D eigenvalue weighted by Crippen LogP contribution is 2.35. The molecule has 0 aromatic heterocycles. The van der Waals surface area contributed by atoms with Crippen molar-refractivity contribution < 1.29 is 19.2 Å². The lowest BCUT2D eigenvalue weighted by Crippen LogP contribution is -2.14. The van der Waals surface area contributed by atoms with Crippen LogP contribution in [0.3, 0.4) is 0 Å². The first-order valence-electron chi connectivity index (χ1n) is 7.61. The predicted octanol–water partition coefficient (Wildman–Crippen LogP) is 3.54. The minimum Gasteiger partial charge on any atom is -0.493 e. The number of methoxy groups -OCH3 is 2. The molecule has 0 unspecified atom stereocenters. The molecule has 0 radical (unpaired) electrons. The molecule has 0 spiro atoms. The first-order valence-corrected chi connectivity index (χ1v) is 8.41. The van der Waals surface area contributed by atoms with E-state index in [0.717, 1.165) is 0 Å². The lowest BCUT2D eigenvalue weighted by Gasteiger charge is -2.10. The van der Waals surface area contributed by atoms with Crippen molar-refractivity contribution in [2.24, 2.45) is 5.10 Å². The van der Waals surface area contributed by atoms with E-state index in [1.54, 1.807) is 24.3 Å². The number of nitrogens with one attached hydrogen (secondary N) is 1. The van der Waals surface area contributed by atoms with E-state index in [-0.39, 0.29) is 5.69 Å². The Morgan fingerprint density at radius 2 is 1.89 bits per heavy atom. The molecule has 0 aliphatic heterocycles. The lowest BCUT2D eigenvalue weighted by atomic mass is 10.2. The summed E-state index contributed by atoms with van der Waals surface area (Å²) in [6.45, 7) is 0. The van der Waals surface area contributed by atoms with Gasteiger partial charge in [0.05, 0.1) is 29.8 Å². The van der Waals surface area contributed by atoms with Gasteiger partial charge in [-0.15, -0.1) is 0 Å². The number of hydrogen-bond donors (Lipinski definition) is 1. The maximum absolute atomic E-state index is 11.8. The van der Waals surface area contributed by atoms with Gasteiger partial charge in [0.15, 0.2) is 11.5 Å². The fourth-order valence-electron chi connectivity index (χ4n) is 2.10. The van der Waals surface area contributed by atoms with Crippen LogP contribution in [0.25, 0.3) is 6.08 Å². The molecule has 0 fully saturated rings. The number of nitrogens with zero attached hydrogens (tertiary/aromatic N) is 2. The van der Waals surface area contributed by atoms with E-state index >= 15 is 0 Å². The first-order chi connectivity index (χ1) is 12.9. The molecule has 0 heterocycles. The Hall–Kier alpha value is -3.20. The molecule has 0 aliphatic rings. The molecule has 9 heteroatoms. The Balaban J connectivity index is 1.98. The number of amides is 1. The molecule has 2 aromatic rings. The first kappa shape index (κ1) is 20.1. The van der Waals surface area contributed by atoms with E-state index in [0.29, 0.717) is 27.1 Å². The van der Waals surface area contributed by atoms with Gasteiger partial charge in [-0.3, -0.25) is 14.9 Å². The van der Waals surface area contributed by atoms with E-state index in [1.165, 1.54) is 44.7 Å². The fraction of sp³-hybridized carbons (Fsp3) is 0.111. The van der Waals surface area contributed by atoms with Gasteiger partial charge < -0.3 is 9.47 Å². The molecule has 27 heavy (non-hydrogen) atoms. The van der Waals surface area contributed by atoms with Crippen LogP contribution in [0.15, 0.2) is 52.0 Å². The van der Waals surface area contributed by atoms with E-state index in [1.807, 2.05) is 0 Å². The average molecular weight is 434 g/mol. The second-order valence-electron chi connectivity index (χ2n) is 5.15. The van der Waals surface area contributed by atoms with Gasteiger partial charge in [-0.05, 0) is 57.4 Å². The van der Waals surface area contributed by atoms with Gasteiger partial charge >= 0.3 is 0 Å². The van der Waals surface area contributed by atoms with Crippen LogP contribution in [0.4, 0.5) is 5.69 Å². The third kappa shape index (κ3) is 5.65. The monoisotopic (exact) mass is 433 g/mol. The van der Waals surface area contributed by atoms with E-state index in [2.05, 4.69) is 26.5 Å². The van der Waals surface area contributed by atoms with E-state index in [9.17, 15) is 14.9 Å². The van der Waals surface area contributed by atoms with Crippen LogP contribution in [0, 0.1) is 10.1 Å². The normalized spacial score (nSPS) is 10.9. The van der Waals surface area contributed by atoms with Gasteiger partial charge in [-0.1, -0.05) is 0 Å². The van der Waals surface area contributed by atoms with Crippen LogP contribution in [0.5, 0.6) is 11.5 Å². The van der Waals surface area contributed by atoms with Crippen LogP contribution < -0.4 is 14.9 Å². The van der Waals surface area contributed by atoms with Crippen molar-refractivity contribution >= 4 is 39.8 Å². The molecule has 0 saturated carbocycles. The van der Waals surface area contributed by atoms with E-state index in [4.69, 9.17) is 9.47 Å². The average Bonchev–Trinajstić information content (AvgIpc) is 2.66. The molecular formula is C18H16BrN3O5. The minimum atomic E-state index is -0.485. The van der Waals surface area contributed by atoms with Crippen LogP contribution in [-0.4, -0.2) is 31.3 Å². The summed E-state index contributed by atoms with van der Waals surface area (Å²) in [7, 11) is 3.06. The highest BCUT2D eigenvalue weighted by Gasteiger charge is 2.09. The summed E-state index contributed by atoms with van der Waals surface area (Å²) >= 11 is 3.38. The Bertz CT molecular complexity index is 895. The number of nitro groups is 1. The molecule has 2 rings (SSSR count). The number of carbonyl (C=O) groups excluding carboxylic acids is 1. The maximum atomic E-state index is 11.8. The Morgan fingerprint density at radius 1 is 1.19 bits per heavy atom. The molecule has 2 aromatic carbocycles. The molecule has 0 saturated heterocycles. The Morgan fingerprint density at radius 3 is 2.48 bits per heavy atom. The number of hydrogen-bond acceptors (Lipinski definition) is 6. The van der Waals surface area contributed by atoms with Crippen LogP contribution in [0.2, 0.25) is 0 Å². The number of rotatable bonds is 7. The second kappa shape index (κ2) is 9.48. The largest absolute Gasteiger partial charge is 0.493 e. The van der Waals surface area contributed by atoms with Crippen LogP contribution >= 0.6 is 15.9 Å². The fourth-order valence-corrected chi connectivity index (χ4v) is 2.72. The lowest BCUT2D eigenvalue weighted by molar-refractivity contribution is -0.384. The smallest absolute Gasteiger partial charge is 0.269 e. The van der Waals surface area contributed by atoms with Crippen molar-refractivity contribution in [1.82, 2.24) is 5.43 Å². The third-order valence-electron chi connectivity index (χ3n) is 3.38. The minimum absolute atomic E-state index is 0.0118. The summed E-state index contributed by atoms with van der Waals surface area (Å²) < 4.78 is 11.2. The van der Waals surface area contributed by atoms with Crippen molar-refractivity contribution in [3.05, 3.63) is 68.2 Å². The zero-order chi connectivity index (χ0) is 19.8. The summed E-state index contributed by atoms with van der Waals surface area (Å²) in [6.07, 6.45) is 4.27. The molecule has 1 N–H and O–H groups in total. The summed E-state index contributed by atoms with van der Waals surface area (Å²) in [5, 5.41) is 14.5. The zero-order valence-electron chi connectivity index (χ0n) is 14.5. The highest BCUT2D eigenvalue weighted by atomic mass is 79.9. The van der Waals surface area contributed by atoms with Crippen LogP contribution in [-0.2, 0) is 4.79 Å². The molecule has 0 atom stereocenters. The third-order valence-corrected chi connectivity index (χ3v) is 3.96. The SMILES string of the molecule is COc1cc(/C=N\NC(=O)/C=C/c2ccc([N+](=O)[O-])cc2)cc(Br)c1OC. The molecule has 1 amide bonds. The second-order valence-corrected chi connectivity index (χ2v) is 6.01. The van der Waals surface area contributed by atoms with E-state index < -0.39 is 10.8 Å². The van der Waals surface area contributed by atoms with Gasteiger partial charge in [0.25, 0.3) is 11.6 Å². The molecule has 8 nitrogen and oxygen atoms in total. The van der Waals surface area contributed by atoms with Gasteiger partial charge in [0.1, 0.15) is 0 Å². The number of nitro benzene ring substituents is 1. The Kier molecular flexibility index (Phi) is 7.07. The topological polar surface area (TPSA) is 103 Å². The number of carbonyl (C=O) groups is 1. The Labute approximate surface area is 163 Å². The van der Waals surface area contributed by atoms with Crippen molar-refractivity contribution in [2.45, 2.75) is 0 Å². The summed E-state index contributed by atoms with van der Waals surface area (Å²) in [5.74, 6) is 0.645. The molecule has 140 valence electrons. The number of halogens is 1. The van der Waals surface area contributed by atoms with Gasteiger partial charge in [0.2, 0.25) is 0 Å². The number of ether oxygens (including phenoxy) is 2. The number of benzene rings is 2. The zero-order valence-corrected chi connectivity index (χ0v) is 16.1. The number of hydrazone groups is 1. The van der Waals surface area contributed by atoms with Crippen molar-refractivity contribution in [3.8, 4) is 11.5 Å². The maximum Gasteiger partial charge on any atom is 0.269 e. The van der Waals surface area contributed by atoms with Crippen molar-refractivity contribution in [3.63, 3.8) is 0 Å². The number of non-ortho nitro benzene ring substituents is 1. The van der Waals surface area contributed by atoms with Crippen molar-refractivity contribution in [2.75, 3.05) is 14.2 Å². The van der Waals surface area contributed by atoms with Crippen molar-refractivity contribution in [1.29, 1.82) is 0 Å². The standard InChI is InChI=1S/C18H16BrN3O5/c1-26-16-10-13(9-15(19)18(16)27-2)11-20-21-17(23)8-5-12-3-6-14(7-4-12)22(24)25/h3-11H,1-2H3,(H,21,23)/b8-5+,20-11-. The molecular weight excluding hydrogens is 418 g/mol. The van der Waals surface area contributed by atoms with Gasteiger partial charge in [0, 0.05) is 18.2 Å². The summed E-state index contributed by atoms with van der Waals surface area (Å²) in [6, 6.07) is 9.31. The highest BCUT2D eigenvalue weighted by molar-refractivity contribution is 9.10. The predicted molar refractivity (Wildman–Crippen MR) is 105 cm³/mol. The van der Waals surface area contributed by atoms with Crippen LogP contribution in [0.1, 0.15) is 11.1 Å². The molecule has 0 aliphatic carbocycles. The summed E-state index contributed by atoms with van der Waals surface area (Å²) in [5.41, 5.74) is 3.70. The quantitative estimate of drug-likeness (QED) is 0.311. The summed E-state index contributed by atoms with van der Waals surface area (Å²) in [4.78, 5) is 21.9. The van der Waals surface area contributed by atoms with Gasteiger partial charge in [-0.25, -0.2) is 5.43 Å². The van der Waals surface area contributed by atoms with Gasteiger partial charge in [-0.2, -0.15) is 5.10 Å². The molecule has 0 bridgehead atoms.